The van der Waals surface area contributed by atoms with Gasteiger partial charge in [0.2, 0.25) is 0 Å². The average molecular weight is 1110 g/mol. The third-order valence-corrected chi connectivity index (χ3v) is 17.6. The van der Waals surface area contributed by atoms with Gasteiger partial charge in [0, 0.05) is 63.2 Å². The largest absolute Gasteiger partial charge is 0.311 e. The topological polar surface area (TPSA) is 19.4 Å². The van der Waals surface area contributed by atoms with Gasteiger partial charge in [0.15, 0.2) is 0 Å². The molecule has 406 valence electrons. The summed E-state index contributed by atoms with van der Waals surface area (Å²) in [6, 6.07) is 120. The van der Waals surface area contributed by atoms with Crippen molar-refractivity contribution in [3.8, 4) is 100 Å². The summed E-state index contributed by atoms with van der Waals surface area (Å²) < 4.78 is 0. The molecule has 0 aliphatic carbocycles. The molecular weight excluding hydrogens is 1050 g/mol. The predicted molar refractivity (Wildman–Crippen MR) is 367 cm³/mol. The number of nitrogens with zero attached hydrogens (tertiary/aromatic N) is 3. The molecular formula is C83H56BN3. The van der Waals surface area contributed by atoms with Crippen molar-refractivity contribution in [2.75, 3.05) is 9.80 Å². The maximum absolute atomic E-state index is 5.02. The van der Waals surface area contributed by atoms with Crippen LogP contribution in [0.5, 0.6) is 0 Å². The van der Waals surface area contributed by atoms with E-state index in [1.165, 1.54) is 60.9 Å². The summed E-state index contributed by atoms with van der Waals surface area (Å²) in [5, 5.41) is 0. The Morgan fingerprint density at radius 2 is 0.506 bits per heavy atom. The number of rotatable bonds is 11. The van der Waals surface area contributed by atoms with Crippen molar-refractivity contribution in [1.82, 2.24) is 4.98 Å². The maximum atomic E-state index is 5.02. The minimum absolute atomic E-state index is 0.207. The van der Waals surface area contributed by atoms with Gasteiger partial charge in [-0.15, -0.1) is 0 Å². The molecule has 4 heteroatoms. The third kappa shape index (κ3) is 9.23. The highest BCUT2D eigenvalue weighted by Gasteiger charge is 2.44. The number of benzene rings is 13. The minimum atomic E-state index is -0.207. The normalized spacial score (nSPS) is 12.1. The highest BCUT2D eigenvalue weighted by atomic mass is 15.2. The number of anilines is 6. The summed E-state index contributed by atoms with van der Waals surface area (Å²) >= 11 is 0. The summed E-state index contributed by atoms with van der Waals surface area (Å²) in [5.74, 6) is 0. The van der Waals surface area contributed by atoms with E-state index in [1.807, 2.05) is 0 Å². The SMILES string of the molecule is c1ccc(-c2ccc(N3c4ccc(-c5ccccc5-c5ccccc5)cc4B4c5cc(-c6ccccc6-c6ccccc6)ccc5N(c5ccc(-c6ccccc6)cc5)c5cc(-c6c(-c7ccccc7)cncc6-c6ccccc6)cc3c54)cc2)cc1. The molecule has 87 heavy (non-hydrogen) atoms. The molecule has 3 heterocycles. The number of hydrogen-bond acceptors (Lipinski definition) is 3. The number of aromatic nitrogens is 1. The standard InChI is InChI=1S/C83H56BN3/c1-7-23-57(24-8-1)59-39-45-68(46-40-59)86-78-49-43-65(72-37-21-19-35-70(72)61-27-11-3-12-28-61)51-76(78)84-77-52-66(73-38-22-20-36-71(73)62-29-13-4-14-30-62)44-50-79(77)87(69-47-41-60(42-48-69)58-25-9-2-10-26-58)81-54-67(53-80(86)83(81)84)82-74(63-31-15-5-16-32-63)55-85-56-75(82)64-33-17-6-18-34-64/h1-56H. The van der Waals surface area contributed by atoms with Gasteiger partial charge >= 0.3 is 0 Å². The Balaban J connectivity index is 1.02. The van der Waals surface area contributed by atoms with E-state index in [-0.39, 0.29) is 6.71 Å². The van der Waals surface area contributed by atoms with Crippen LogP contribution in [0, 0.1) is 0 Å². The third-order valence-electron chi connectivity index (χ3n) is 17.6. The lowest BCUT2D eigenvalue weighted by Gasteiger charge is -2.45. The smallest absolute Gasteiger partial charge is 0.252 e. The van der Waals surface area contributed by atoms with Gasteiger partial charge < -0.3 is 9.80 Å². The van der Waals surface area contributed by atoms with Crippen molar-refractivity contribution in [1.29, 1.82) is 0 Å². The lowest BCUT2D eigenvalue weighted by molar-refractivity contribution is 1.25. The first-order chi connectivity index (χ1) is 43.2. The lowest BCUT2D eigenvalue weighted by atomic mass is 9.33. The number of hydrogen-bond donors (Lipinski definition) is 0. The summed E-state index contributed by atoms with van der Waals surface area (Å²) in [5.41, 5.74) is 31.0. The Morgan fingerprint density at radius 1 is 0.218 bits per heavy atom. The van der Waals surface area contributed by atoms with Gasteiger partial charge in [-0.2, -0.15) is 0 Å². The second kappa shape index (κ2) is 22.0. The lowest BCUT2D eigenvalue weighted by Crippen LogP contribution is -2.61. The van der Waals surface area contributed by atoms with E-state index in [1.54, 1.807) is 0 Å². The highest BCUT2D eigenvalue weighted by molar-refractivity contribution is 7.00. The molecule has 16 rings (SSSR count). The molecule has 0 saturated carbocycles. The van der Waals surface area contributed by atoms with Gasteiger partial charge in [-0.05, 0) is 148 Å². The zero-order chi connectivity index (χ0) is 57.6. The van der Waals surface area contributed by atoms with E-state index in [9.17, 15) is 0 Å². The number of pyridine rings is 1. The van der Waals surface area contributed by atoms with Crippen molar-refractivity contribution in [3.05, 3.63) is 340 Å². The zero-order valence-electron chi connectivity index (χ0n) is 47.8. The second-order valence-electron chi connectivity index (χ2n) is 22.6. The van der Waals surface area contributed by atoms with Crippen LogP contribution in [0.3, 0.4) is 0 Å². The molecule has 0 bridgehead atoms. The van der Waals surface area contributed by atoms with Crippen LogP contribution in [0.25, 0.3) is 100 Å². The Morgan fingerprint density at radius 3 is 0.862 bits per heavy atom. The van der Waals surface area contributed by atoms with Crippen LogP contribution in [0.1, 0.15) is 0 Å². The highest BCUT2D eigenvalue weighted by Crippen LogP contribution is 2.50. The summed E-state index contributed by atoms with van der Waals surface area (Å²) in [4.78, 5) is 10.1. The summed E-state index contributed by atoms with van der Waals surface area (Å²) in [6.45, 7) is -0.207. The molecule has 0 atom stereocenters. The molecule has 0 saturated heterocycles. The van der Waals surface area contributed by atoms with Crippen LogP contribution in [-0.4, -0.2) is 11.7 Å². The number of fused-ring (bicyclic) bond motifs is 4. The van der Waals surface area contributed by atoms with E-state index in [2.05, 4.69) is 350 Å². The van der Waals surface area contributed by atoms with Crippen LogP contribution in [-0.2, 0) is 0 Å². The molecule has 0 unspecified atom stereocenters. The average Bonchev–Trinajstić information content (AvgIpc) is 1.28. The van der Waals surface area contributed by atoms with Crippen molar-refractivity contribution in [3.63, 3.8) is 0 Å². The second-order valence-corrected chi connectivity index (χ2v) is 22.6. The minimum Gasteiger partial charge on any atom is -0.311 e. The van der Waals surface area contributed by atoms with Crippen molar-refractivity contribution < 1.29 is 0 Å². The first-order valence-electron chi connectivity index (χ1n) is 29.9. The van der Waals surface area contributed by atoms with Gasteiger partial charge in [0.25, 0.3) is 6.71 Å². The molecule has 1 aromatic heterocycles. The molecule has 2 aliphatic heterocycles. The monoisotopic (exact) mass is 1110 g/mol. The van der Waals surface area contributed by atoms with E-state index in [4.69, 9.17) is 4.98 Å². The Labute approximate surface area is 509 Å². The van der Waals surface area contributed by atoms with E-state index in [0.29, 0.717) is 0 Å². The molecule has 0 radical (unpaired) electrons. The molecule has 0 amide bonds. The molecule has 0 spiro atoms. The van der Waals surface area contributed by atoms with Crippen LogP contribution in [0.15, 0.2) is 340 Å². The Hall–Kier alpha value is -11.3. The zero-order valence-corrected chi connectivity index (χ0v) is 47.8. The van der Waals surface area contributed by atoms with Crippen molar-refractivity contribution >= 4 is 57.2 Å². The fourth-order valence-corrected chi connectivity index (χ4v) is 13.6. The fourth-order valence-electron chi connectivity index (χ4n) is 13.6. The van der Waals surface area contributed by atoms with Gasteiger partial charge in [0.1, 0.15) is 0 Å². The van der Waals surface area contributed by atoms with Gasteiger partial charge in [0.05, 0.1) is 0 Å². The summed E-state index contributed by atoms with van der Waals surface area (Å²) in [6.07, 6.45) is 4.11. The molecule has 0 fully saturated rings. The molecule has 14 aromatic rings. The molecule has 3 nitrogen and oxygen atoms in total. The first-order valence-corrected chi connectivity index (χ1v) is 29.9. The summed E-state index contributed by atoms with van der Waals surface area (Å²) in [7, 11) is 0. The quantitative estimate of drug-likeness (QED) is 0.120. The van der Waals surface area contributed by atoms with Gasteiger partial charge in [-0.1, -0.05) is 279 Å². The molecule has 0 N–H and O–H groups in total. The van der Waals surface area contributed by atoms with Crippen LogP contribution < -0.4 is 26.2 Å². The van der Waals surface area contributed by atoms with Gasteiger partial charge in [-0.3, -0.25) is 4.98 Å². The van der Waals surface area contributed by atoms with Crippen molar-refractivity contribution in [2.45, 2.75) is 0 Å². The Bertz CT molecular complexity index is 4520. The molecule has 2 aliphatic rings. The fraction of sp³-hybridized carbons (Fsp3) is 0. The molecule has 13 aromatic carbocycles. The van der Waals surface area contributed by atoms with E-state index < -0.39 is 0 Å². The van der Waals surface area contributed by atoms with Crippen LogP contribution >= 0.6 is 0 Å². The van der Waals surface area contributed by atoms with Gasteiger partial charge in [-0.25, -0.2) is 0 Å². The van der Waals surface area contributed by atoms with Crippen LogP contribution in [0.2, 0.25) is 0 Å². The van der Waals surface area contributed by atoms with E-state index >= 15 is 0 Å². The first kappa shape index (κ1) is 51.3. The van der Waals surface area contributed by atoms with E-state index in [0.717, 1.165) is 89.8 Å². The van der Waals surface area contributed by atoms with Crippen molar-refractivity contribution in [2.24, 2.45) is 0 Å². The Kier molecular flexibility index (Phi) is 13.0. The predicted octanol–water partition coefficient (Wildman–Crippen LogP) is 20.2. The maximum Gasteiger partial charge on any atom is 0.252 e. The van der Waals surface area contributed by atoms with Crippen LogP contribution in [0.4, 0.5) is 34.1 Å².